The number of hydrogen-bond donors (Lipinski definition) is 1. The van der Waals surface area contributed by atoms with E-state index in [0.717, 1.165) is 17.5 Å². The van der Waals surface area contributed by atoms with Gasteiger partial charge in [-0.3, -0.25) is 9.79 Å². The van der Waals surface area contributed by atoms with Crippen LogP contribution in [0.4, 0.5) is 0 Å². The molecule has 0 atom stereocenters. The Balaban J connectivity index is 2.91. The van der Waals surface area contributed by atoms with Crippen molar-refractivity contribution in [3.63, 3.8) is 0 Å². The molecule has 0 heterocycles. The van der Waals surface area contributed by atoms with Crippen molar-refractivity contribution in [3.8, 4) is 0 Å². The van der Waals surface area contributed by atoms with Crippen molar-refractivity contribution in [1.29, 1.82) is 0 Å². The third kappa shape index (κ3) is 7.17. The van der Waals surface area contributed by atoms with Crippen LogP contribution in [0.15, 0.2) is 83.6 Å². The molecule has 0 bridgehead atoms. The van der Waals surface area contributed by atoms with Crippen LogP contribution in [0.1, 0.15) is 19.4 Å². The van der Waals surface area contributed by atoms with Gasteiger partial charge in [0.25, 0.3) is 5.91 Å². The zero-order chi connectivity index (χ0) is 19.7. The van der Waals surface area contributed by atoms with E-state index in [1.54, 1.807) is 37.3 Å². The Kier molecular flexibility index (Phi) is 8.68. The third-order valence-electron chi connectivity index (χ3n) is 2.91. The molecular formula is C20H21ClN2O2S. The second-order valence-corrected chi connectivity index (χ2v) is 6.76. The molecule has 2 N–H and O–H groups in total. The van der Waals surface area contributed by atoms with Crippen molar-refractivity contribution in [2.24, 2.45) is 10.7 Å². The van der Waals surface area contributed by atoms with E-state index in [4.69, 9.17) is 22.1 Å². The molecule has 136 valence electrons. The number of ether oxygens (including phenoxy) is 1. The van der Waals surface area contributed by atoms with Crippen LogP contribution >= 0.6 is 23.4 Å². The summed E-state index contributed by atoms with van der Waals surface area (Å²) in [5.41, 5.74) is 6.83. The maximum atomic E-state index is 11.7. The van der Waals surface area contributed by atoms with Gasteiger partial charge in [-0.25, -0.2) is 0 Å². The smallest absolute Gasteiger partial charge is 0.255 e. The van der Waals surface area contributed by atoms with Crippen LogP contribution in [0.5, 0.6) is 0 Å². The molecule has 0 radical (unpaired) electrons. The highest BCUT2D eigenvalue weighted by Gasteiger charge is 2.11. The summed E-state index contributed by atoms with van der Waals surface area (Å²) in [6.07, 6.45) is 4.84. The maximum absolute atomic E-state index is 11.7. The number of halogens is 1. The third-order valence-corrected chi connectivity index (χ3v) is 4.17. The molecule has 1 amide bonds. The van der Waals surface area contributed by atoms with Crippen molar-refractivity contribution < 1.29 is 9.53 Å². The van der Waals surface area contributed by atoms with E-state index < -0.39 is 5.91 Å². The molecular weight excluding hydrogens is 368 g/mol. The molecule has 0 aliphatic carbocycles. The van der Waals surface area contributed by atoms with Crippen LogP contribution in [0.3, 0.4) is 0 Å². The lowest BCUT2D eigenvalue weighted by atomic mass is 10.2. The number of allylic oxidation sites excluding steroid dienone is 4. The van der Waals surface area contributed by atoms with Gasteiger partial charge in [0.15, 0.2) is 0 Å². The number of primary amides is 1. The molecule has 1 aromatic rings. The van der Waals surface area contributed by atoms with Crippen LogP contribution < -0.4 is 5.73 Å². The van der Waals surface area contributed by atoms with E-state index in [9.17, 15) is 4.79 Å². The van der Waals surface area contributed by atoms with Gasteiger partial charge in [-0.05, 0) is 38.1 Å². The van der Waals surface area contributed by atoms with Gasteiger partial charge in [0.1, 0.15) is 11.5 Å². The van der Waals surface area contributed by atoms with Crippen LogP contribution in [-0.4, -0.2) is 11.0 Å². The van der Waals surface area contributed by atoms with Crippen molar-refractivity contribution in [2.75, 3.05) is 0 Å². The van der Waals surface area contributed by atoms with Crippen molar-refractivity contribution in [2.45, 2.75) is 13.8 Å². The van der Waals surface area contributed by atoms with Crippen LogP contribution in [0.25, 0.3) is 5.76 Å². The van der Waals surface area contributed by atoms with Gasteiger partial charge in [0.05, 0.1) is 15.0 Å². The second kappa shape index (κ2) is 10.5. The van der Waals surface area contributed by atoms with Gasteiger partial charge in [-0.15, -0.1) is 0 Å². The number of amides is 1. The number of nitrogens with zero attached hydrogens (tertiary/aromatic N) is 1. The number of hydrogen-bond acceptors (Lipinski definition) is 4. The fourth-order valence-electron chi connectivity index (χ4n) is 1.87. The Hall–Kier alpha value is -2.50. The number of carbonyl (C=O) groups is 1. The predicted molar refractivity (Wildman–Crippen MR) is 113 cm³/mol. The Labute approximate surface area is 163 Å². The Bertz CT molecular complexity index is 823. The minimum Gasteiger partial charge on any atom is -0.458 e. The first-order chi connectivity index (χ1) is 12.2. The zero-order valence-corrected chi connectivity index (χ0v) is 16.4. The van der Waals surface area contributed by atoms with E-state index in [0.29, 0.717) is 21.4 Å². The monoisotopic (exact) mass is 388 g/mol. The van der Waals surface area contributed by atoms with Crippen LogP contribution in [0, 0.1) is 0 Å². The molecule has 0 unspecified atom stereocenters. The summed E-state index contributed by atoms with van der Waals surface area (Å²) in [4.78, 5) is 16.3. The van der Waals surface area contributed by atoms with Gasteiger partial charge >= 0.3 is 0 Å². The Morgan fingerprint density at radius 3 is 2.54 bits per heavy atom. The lowest BCUT2D eigenvalue weighted by molar-refractivity contribution is -0.113. The van der Waals surface area contributed by atoms with Gasteiger partial charge in [0.2, 0.25) is 0 Å². The van der Waals surface area contributed by atoms with Crippen LogP contribution in [0.2, 0.25) is 5.02 Å². The minimum atomic E-state index is -0.608. The first-order valence-electron chi connectivity index (χ1n) is 7.59. The van der Waals surface area contributed by atoms with E-state index in [-0.39, 0.29) is 10.7 Å². The van der Waals surface area contributed by atoms with Gasteiger partial charge < -0.3 is 10.5 Å². The molecule has 0 aliphatic heterocycles. The Morgan fingerprint density at radius 1 is 1.31 bits per heavy atom. The maximum Gasteiger partial charge on any atom is 0.255 e. The average molecular weight is 389 g/mol. The normalized spacial score (nSPS) is 12.5. The number of thioether (sulfide) groups is 1. The summed E-state index contributed by atoms with van der Waals surface area (Å²) in [6.45, 7) is 14.8. The molecule has 4 nitrogen and oxygen atoms in total. The quantitative estimate of drug-likeness (QED) is 0.211. The highest BCUT2D eigenvalue weighted by molar-refractivity contribution is 8.17. The van der Waals surface area contributed by atoms with Crippen LogP contribution in [-0.2, 0) is 9.53 Å². The number of aliphatic imine (C=N–C) groups is 1. The summed E-state index contributed by atoms with van der Waals surface area (Å²) in [5, 5.41) is 1.15. The molecule has 6 heteroatoms. The Morgan fingerprint density at radius 2 is 1.96 bits per heavy atom. The molecule has 0 fully saturated rings. The van der Waals surface area contributed by atoms with Gasteiger partial charge in [-0.1, -0.05) is 61.3 Å². The van der Waals surface area contributed by atoms with E-state index in [1.165, 1.54) is 6.08 Å². The SMILES string of the molecule is C=C/C=C(\C)N=C(C)S/C(=C\C(=C)OC(=C)c1ccccc1Cl)C(N)=O. The molecule has 0 spiro atoms. The average Bonchev–Trinajstić information content (AvgIpc) is 2.54. The fourth-order valence-corrected chi connectivity index (χ4v) is 2.91. The van der Waals surface area contributed by atoms with E-state index in [1.807, 2.05) is 13.0 Å². The largest absolute Gasteiger partial charge is 0.458 e. The lowest BCUT2D eigenvalue weighted by Gasteiger charge is -2.11. The van der Waals surface area contributed by atoms with Crippen molar-refractivity contribution in [3.05, 3.63) is 89.2 Å². The number of rotatable bonds is 8. The topological polar surface area (TPSA) is 64.7 Å². The summed E-state index contributed by atoms with van der Waals surface area (Å²) < 4.78 is 5.56. The first kappa shape index (κ1) is 21.5. The van der Waals surface area contributed by atoms with Crippen molar-refractivity contribution >= 4 is 40.1 Å². The van der Waals surface area contributed by atoms with Gasteiger partial charge in [-0.2, -0.15) is 0 Å². The fraction of sp³-hybridized carbons (Fsp3) is 0.100. The molecule has 0 saturated carbocycles. The minimum absolute atomic E-state index is 0.211. The van der Waals surface area contributed by atoms with Crippen molar-refractivity contribution in [1.82, 2.24) is 0 Å². The molecule has 0 aromatic heterocycles. The predicted octanol–water partition coefficient (Wildman–Crippen LogP) is 5.45. The lowest BCUT2D eigenvalue weighted by Crippen LogP contribution is -2.13. The van der Waals surface area contributed by atoms with E-state index >= 15 is 0 Å². The zero-order valence-electron chi connectivity index (χ0n) is 14.8. The number of carbonyl (C=O) groups excluding carboxylic acids is 1. The van der Waals surface area contributed by atoms with E-state index in [2.05, 4.69) is 24.7 Å². The van der Waals surface area contributed by atoms with Gasteiger partial charge in [0, 0.05) is 11.3 Å². The summed E-state index contributed by atoms with van der Waals surface area (Å²) in [5.74, 6) is -0.0776. The molecule has 1 rings (SSSR count). The molecule has 1 aromatic carbocycles. The summed E-state index contributed by atoms with van der Waals surface area (Å²) in [7, 11) is 0. The highest BCUT2D eigenvalue weighted by atomic mass is 35.5. The summed E-state index contributed by atoms with van der Waals surface area (Å²) >= 11 is 7.24. The number of nitrogens with two attached hydrogens (primary N) is 1. The standard InChI is InChI=1S/C20H21ClN2O2S/c1-6-9-13(2)23-16(5)26-19(20(22)24)12-14(3)25-15(4)17-10-7-8-11-18(17)21/h6-12H,1,3-4H2,2,5H3,(H2,22,24)/b13-9+,19-12-,23-16?. The number of benzene rings is 1. The highest BCUT2D eigenvalue weighted by Crippen LogP contribution is 2.26. The molecule has 0 aliphatic rings. The first-order valence-corrected chi connectivity index (χ1v) is 8.78. The molecule has 0 saturated heterocycles. The molecule has 26 heavy (non-hydrogen) atoms. The second-order valence-electron chi connectivity index (χ2n) is 5.12. The summed E-state index contributed by atoms with van der Waals surface area (Å²) in [6, 6.07) is 7.13.